The monoisotopic (exact) mass is 197 g/mol. The van der Waals surface area contributed by atoms with E-state index in [1.165, 1.54) is 14.2 Å². The van der Waals surface area contributed by atoms with Gasteiger partial charge in [0, 0.05) is 12.1 Å². The molecule has 0 radical (unpaired) electrons. The van der Waals surface area contributed by atoms with E-state index in [1.807, 2.05) is 6.07 Å². The third kappa shape index (κ3) is 1.85. The fraction of sp³-hybridized carbons (Fsp3) is 0.222. The van der Waals surface area contributed by atoms with Gasteiger partial charge in [0.2, 0.25) is 0 Å². The summed E-state index contributed by atoms with van der Waals surface area (Å²) >= 11 is 5.82. The van der Waals surface area contributed by atoms with E-state index in [2.05, 4.69) is 0 Å². The Hall–Kier alpha value is -1.40. The maximum Gasteiger partial charge on any atom is 0.139 e. The van der Waals surface area contributed by atoms with Gasteiger partial charge < -0.3 is 9.47 Å². The van der Waals surface area contributed by atoms with E-state index in [9.17, 15) is 0 Å². The molecule has 0 aromatic heterocycles. The van der Waals surface area contributed by atoms with Gasteiger partial charge in [-0.05, 0) is 0 Å². The normalized spacial score (nSPS) is 9.08. The number of hydrogen-bond acceptors (Lipinski definition) is 3. The molecule has 0 fully saturated rings. The molecule has 0 bridgehead atoms. The van der Waals surface area contributed by atoms with Crippen molar-refractivity contribution in [2.75, 3.05) is 14.2 Å². The lowest BCUT2D eigenvalue weighted by Gasteiger charge is -2.06. The van der Waals surface area contributed by atoms with Crippen molar-refractivity contribution in [2.45, 2.75) is 0 Å². The predicted octanol–water partition coefficient (Wildman–Crippen LogP) is 2.23. The third-order valence-corrected chi connectivity index (χ3v) is 1.89. The lowest BCUT2D eigenvalue weighted by molar-refractivity contribution is 0.402. The maximum absolute atomic E-state index is 8.73. The average molecular weight is 198 g/mol. The van der Waals surface area contributed by atoms with Gasteiger partial charge in [0.25, 0.3) is 0 Å². The van der Waals surface area contributed by atoms with E-state index in [0.717, 1.165) is 0 Å². The molecule has 0 heterocycles. The van der Waals surface area contributed by atoms with Crippen LogP contribution in [0.15, 0.2) is 12.1 Å². The van der Waals surface area contributed by atoms with Gasteiger partial charge in [-0.1, -0.05) is 11.6 Å². The molecule has 0 atom stereocenters. The largest absolute Gasteiger partial charge is 0.495 e. The quantitative estimate of drug-likeness (QED) is 0.730. The molecule has 1 aromatic carbocycles. The van der Waals surface area contributed by atoms with Crippen LogP contribution in [0.3, 0.4) is 0 Å². The van der Waals surface area contributed by atoms with Crippen molar-refractivity contribution in [3.8, 4) is 17.6 Å². The van der Waals surface area contributed by atoms with Crippen LogP contribution in [-0.2, 0) is 0 Å². The molecule has 0 aliphatic carbocycles. The number of methoxy groups -OCH3 is 2. The van der Waals surface area contributed by atoms with Gasteiger partial charge in [-0.25, -0.2) is 0 Å². The summed E-state index contributed by atoms with van der Waals surface area (Å²) in [5.41, 5.74) is 0.406. The van der Waals surface area contributed by atoms with Crippen LogP contribution in [0.1, 0.15) is 5.56 Å². The van der Waals surface area contributed by atoms with E-state index in [0.29, 0.717) is 22.1 Å². The van der Waals surface area contributed by atoms with E-state index < -0.39 is 0 Å². The zero-order chi connectivity index (χ0) is 9.84. The summed E-state index contributed by atoms with van der Waals surface area (Å²) in [5, 5.41) is 9.16. The zero-order valence-corrected chi connectivity index (χ0v) is 8.05. The first-order valence-corrected chi connectivity index (χ1v) is 3.92. The topological polar surface area (TPSA) is 42.2 Å². The second kappa shape index (κ2) is 4.01. The first-order chi connectivity index (χ1) is 6.22. The van der Waals surface area contributed by atoms with Crippen LogP contribution in [-0.4, -0.2) is 14.2 Å². The summed E-state index contributed by atoms with van der Waals surface area (Å²) in [4.78, 5) is 0. The lowest BCUT2D eigenvalue weighted by atomic mass is 10.2. The van der Waals surface area contributed by atoms with Gasteiger partial charge in [0.1, 0.15) is 17.6 Å². The molecule has 0 saturated carbocycles. The fourth-order valence-electron chi connectivity index (χ4n) is 0.948. The van der Waals surface area contributed by atoms with Crippen molar-refractivity contribution in [3.05, 3.63) is 22.7 Å². The van der Waals surface area contributed by atoms with Crippen molar-refractivity contribution in [3.63, 3.8) is 0 Å². The van der Waals surface area contributed by atoms with Gasteiger partial charge in [0.15, 0.2) is 0 Å². The van der Waals surface area contributed by atoms with E-state index >= 15 is 0 Å². The molecule has 0 unspecified atom stereocenters. The first-order valence-electron chi connectivity index (χ1n) is 3.54. The molecule has 0 aliphatic heterocycles. The molecule has 13 heavy (non-hydrogen) atoms. The molecule has 0 amide bonds. The number of hydrogen-bond donors (Lipinski definition) is 0. The summed E-state index contributed by atoms with van der Waals surface area (Å²) < 4.78 is 9.90. The summed E-state index contributed by atoms with van der Waals surface area (Å²) in [6, 6.07) is 5.08. The molecule has 0 aliphatic rings. The second-order valence-corrected chi connectivity index (χ2v) is 2.71. The highest BCUT2D eigenvalue weighted by atomic mass is 35.5. The Balaban J connectivity index is 3.28. The first kappa shape index (κ1) is 9.69. The van der Waals surface area contributed by atoms with Gasteiger partial charge in [-0.15, -0.1) is 0 Å². The smallest absolute Gasteiger partial charge is 0.139 e. The van der Waals surface area contributed by atoms with Crippen LogP contribution in [0.4, 0.5) is 0 Å². The Kier molecular flexibility index (Phi) is 2.99. The Morgan fingerprint density at radius 3 is 2.31 bits per heavy atom. The molecule has 4 heteroatoms. The lowest BCUT2D eigenvalue weighted by Crippen LogP contribution is -1.91. The molecular formula is C9H8ClNO2. The van der Waals surface area contributed by atoms with Crippen molar-refractivity contribution in [1.29, 1.82) is 5.26 Å². The maximum atomic E-state index is 8.73. The van der Waals surface area contributed by atoms with Crippen molar-refractivity contribution < 1.29 is 9.47 Å². The van der Waals surface area contributed by atoms with Gasteiger partial charge in [-0.3, -0.25) is 0 Å². The van der Waals surface area contributed by atoms with Crippen LogP contribution in [0.25, 0.3) is 0 Å². The molecule has 1 aromatic rings. The van der Waals surface area contributed by atoms with E-state index in [-0.39, 0.29) is 0 Å². The number of nitrogens with zero attached hydrogens (tertiary/aromatic N) is 1. The molecule has 0 N–H and O–H groups in total. The Bertz CT molecular complexity index is 357. The molecule has 68 valence electrons. The SMILES string of the molecule is COc1cc(C#N)c(OC)cc1Cl. The molecule has 0 saturated heterocycles. The molecule has 1 rings (SSSR count). The summed E-state index contributed by atoms with van der Waals surface area (Å²) in [5.74, 6) is 0.923. The Labute approximate surface area is 81.4 Å². The minimum atomic E-state index is 0.406. The van der Waals surface area contributed by atoms with Gasteiger partial charge in [0.05, 0.1) is 24.8 Å². The highest BCUT2D eigenvalue weighted by Gasteiger charge is 2.08. The Morgan fingerprint density at radius 1 is 1.23 bits per heavy atom. The minimum Gasteiger partial charge on any atom is -0.495 e. The average Bonchev–Trinajstić information content (AvgIpc) is 2.17. The number of rotatable bonds is 2. The zero-order valence-electron chi connectivity index (χ0n) is 7.30. The third-order valence-electron chi connectivity index (χ3n) is 1.59. The van der Waals surface area contributed by atoms with E-state index in [4.69, 9.17) is 26.3 Å². The number of nitriles is 1. The van der Waals surface area contributed by atoms with Crippen molar-refractivity contribution >= 4 is 11.6 Å². The van der Waals surface area contributed by atoms with Crippen molar-refractivity contribution in [1.82, 2.24) is 0 Å². The van der Waals surface area contributed by atoms with Gasteiger partial charge >= 0.3 is 0 Å². The summed E-state index contributed by atoms with van der Waals surface area (Å²) in [7, 11) is 2.98. The minimum absolute atomic E-state index is 0.406. The number of halogens is 1. The molecule has 0 spiro atoms. The van der Waals surface area contributed by atoms with E-state index in [1.54, 1.807) is 12.1 Å². The predicted molar refractivity (Wildman–Crippen MR) is 49.3 cm³/mol. The number of benzene rings is 1. The standard InChI is InChI=1S/C9H8ClNO2/c1-12-8-4-7(10)9(13-2)3-6(8)5-11/h3-4H,1-2H3. The summed E-state index contributed by atoms with van der Waals surface area (Å²) in [6.45, 7) is 0. The van der Waals surface area contributed by atoms with Crippen LogP contribution >= 0.6 is 11.6 Å². The summed E-state index contributed by atoms with van der Waals surface area (Å²) in [6.07, 6.45) is 0. The van der Waals surface area contributed by atoms with Crippen LogP contribution in [0, 0.1) is 11.3 Å². The highest BCUT2D eigenvalue weighted by molar-refractivity contribution is 6.32. The van der Waals surface area contributed by atoms with Gasteiger partial charge in [-0.2, -0.15) is 5.26 Å². The second-order valence-electron chi connectivity index (χ2n) is 2.30. The fourth-order valence-corrected chi connectivity index (χ4v) is 1.18. The van der Waals surface area contributed by atoms with Crippen LogP contribution in [0.5, 0.6) is 11.5 Å². The Morgan fingerprint density at radius 2 is 1.85 bits per heavy atom. The molecular weight excluding hydrogens is 190 g/mol. The molecule has 3 nitrogen and oxygen atoms in total. The number of ether oxygens (including phenoxy) is 2. The van der Waals surface area contributed by atoms with Crippen LogP contribution < -0.4 is 9.47 Å². The highest BCUT2D eigenvalue weighted by Crippen LogP contribution is 2.31. The van der Waals surface area contributed by atoms with Crippen molar-refractivity contribution in [2.24, 2.45) is 0 Å². The van der Waals surface area contributed by atoms with Crippen LogP contribution in [0.2, 0.25) is 5.02 Å².